The van der Waals surface area contributed by atoms with Crippen molar-refractivity contribution in [1.29, 1.82) is 0 Å². The molecule has 0 saturated heterocycles. The minimum Gasteiger partial charge on any atom is -0.328 e. The Balaban J connectivity index is 1.91. The first kappa shape index (κ1) is 18.5. The van der Waals surface area contributed by atoms with Gasteiger partial charge >= 0.3 is 0 Å². The number of rotatable bonds is 5. The van der Waals surface area contributed by atoms with E-state index in [0.29, 0.717) is 5.56 Å². The highest BCUT2D eigenvalue weighted by Crippen LogP contribution is 2.32. The second-order valence-corrected chi connectivity index (χ2v) is 8.58. The van der Waals surface area contributed by atoms with Crippen LogP contribution in [0.3, 0.4) is 0 Å². The number of aromatic nitrogens is 2. The summed E-state index contributed by atoms with van der Waals surface area (Å²) in [5, 5.41) is 0. The van der Waals surface area contributed by atoms with Crippen molar-refractivity contribution < 1.29 is 4.79 Å². The van der Waals surface area contributed by atoms with E-state index in [2.05, 4.69) is 54.8 Å². The number of carbonyl (C=O) groups excluding carboxylic acids is 1. The van der Waals surface area contributed by atoms with E-state index < -0.39 is 0 Å². The molecule has 0 saturated carbocycles. The number of carbonyl (C=O) groups is 1. The maximum Gasteiger partial charge on any atom is 0.150 e. The van der Waals surface area contributed by atoms with Gasteiger partial charge in [0, 0.05) is 35.2 Å². The lowest BCUT2D eigenvalue weighted by Crippen LogP contribution is -2.18. The molecule has 4 nitrogen and oxygen atoms in total. The van der Waals surface area contributed by atoms with Crippen LogP contribution in [0.2, 0.25) is 0 Å². The van der Waals surface area contributed by atoms with Gasteiger partial charge < -0.3 is 8.87 Å². The Morgan fingerprint density at radius 2 is 1.85 bits per heavy atom. The topological polar surface area (TPSA) is 38.1 Å². The lowest BCUT2D eigenvalue weighted by Gasteiger charge is -2.19. The molecule has 1 heterocycles. The quantitative estimate of drug-likeness (QED) is 0.452. The molecule has 5 heteroatoms. The second kappa shape index (κ2) is 7.16. The summed E-state index contributed by atoms with van der Waals surface area (Å²) >= 11 is 1.63. The van der Waals surface area contributed by atoms with Crippen LogP contribution in [0.5, 0.6) is 0 Å². The fourth-order valence-electron chi connectivity index (χ4n) is 3.02. The van der Waals surface area contributed by atoms with Crippen molar-refractivity contribution in [2.24, 2.45) is 0 Å². The number of fused-ring (bicyclic) bond motifs is 1. The maximum absolute atomic E-state index is 10.8. The van der Waals surface area contributed by atoms with Gasteiger partial charge in [-0.1, -0.05) is 32.9 Å². The van der Waals surface area contributed by atoms with E-state index in [1.54, 1.807) is 11.9 Å². The monoisotopic (exact) mass is 367 g/mol. The molecule has 0 atom stereocenters. The Morgan fingerprint density at radius 3 is 2.42 bits per heavy atom. The van der Waals surface area contributed by atoms with Crippen LogP contribution in [0.1, 0.15) is 43.9 Å². The van der Waals surface area contributed by atoms with Gasteiger partial charge in [0.2, 0.25) is 0 Å². The number of aldehydes is 1. The molecule has 0 radical (unpaired) electrons. The summed E-state index contributed by atoms with van der Waals surface area (Å²) in [6, 6.07) is 14.0. The molecule has 2 aromatic carbocycles. The fourth-order valence-corrected chi connectivity index (χ4v) is 3.82. The minimum atomic E-state index is 0.0101. The van der Waals surface area contributed by atoms with Crippen molar-refractivity contribution in [2.45, 2.75) is 44.6 Å². The predicted molar refractivity (Wildman–Crippen MR) is 110 cm³/mol. The summed E-state index contributed by atoms with van der Waals surface area (Å²) < 4.78 is 4.42. The van der Waals surface area contributed by atoms with Crippen LogP contribution in [0.15, 0.2) is 47.4 Å². The van der Waals surface area contributed by atoms with Crippen molar-refractivity contribution in [3.8, 4) is 0 Å². The number of benzene rings is 2. The van der Waals surface area contributed by atoms with E-state index in [-0.39, 0.29) is 5.41 Å². The first-order valence-corrected chi connectivity index (χ1v) is 9.58. The second-order valence-electron chi connectivity index (χ2n) is 7.38. The number of imidazole rings is 1. The summed E-state index contributed by atoms with van der Waals surface area (Å²) in [6.45, 7) is 9.68. The summed E-state index contributed by atoms with van der Waals surface area (Å²) in [5.41, 5.74) is 4.00. The van der Waals surface area contributed by atoms with Crippen LogP contribution in [0.4, 0.5) is 5.69 Å². The van der Waals surface area contributed by atoms with Gasteiger partial charge in [-0.05, 0) is 49.2 Å². The first-order chi connectivity index (χ1) is 12.3. The van der Waals surface area contributed by atoms with Gasteiger partial charge in [0.25, 0.3) is 0 Å². The van der Waals surface area contributed by atoms with Gasteiger partial charge in [-0.2, -0.15) is 0 Å². The Kier molecular flexibility index (Phi) is 5.10. The SMILES string of the molecule is CCn1c(C(C)(C)C)nc2cc(N(C)Sc3ccc(C=O)cc3)ccc21. The molecule has 3 rings (SSSR count). The molecule has 0 aliphatic heterocycles. The number of anilines is 1. The molecule has 26 heavy (non-hydrogen) atoms. The standard InChI is InChI=1S/C21H25N3OS/c1-6-24-19-12-9-16(13-18(19)22-20(24)21(2,3)4)23(5)26-17-10-7-15(14-25)8-11-17/h7-14H,6H2,1-5H3. The van der Waals surface area contributed by atoms with Crippen molar-refractivity contribution in [3.05, 3.63) is 53.9 Å². The molecule has 1 aromatic heterocycles. The van der Waals surface area contributed by atoms with Gasteiger partial charge in [-0.3, -0.25) is 4.79 Å². The third-order valence-corrected chi connectivity index (χ3v) is 5.31. The van der Waals surface area contributed by atoms with Crippen LogP contribution >= 0.6 is 11.9 Å². The van der Waals surface area contributed by atoms with Crippen LogP contribution in [-0.4, -0.2) is 22.9 Å². The summed E-state index contributed by atoms with van der Waals surface area (Å²) in [5.74, 6) is 1.12. The lowest BCUT2D eigenvalue weighted by molar-refractivity contribution is 0.112. The van der Waals surface area contributed by atoms with Crippen LogP contribution in [0.25, 0.3) is 11.0 Å². The highest BCUT2D eigenvalue weighted by molar-refractivity contribution is 8.00. The van der Waals surface area contributed by atoms with E-state index >= 15 is 0 Å². The fraction of sp³-hybridized carbons (Fsp3) is 0.333. The Labute approximate surface area is 159 Å². The van der Waals surface area contributed by atoms with Crippen molar-refractivity contribution in [1.82, 2.24) is 9.55 Å². The molecule has 0 N–H and O–H groups in total. The molecular weight excluding hydrogens is 342 g/mol. The molecular formula is C21H25N3OS. The van der Waals surface area contributed by atoms with Gasteiger partial charge in [0.05, 0.1) is 11.0 Å². The Bertz CT molecular complexity index is 923. The van der Waals surface area contributed by atoms with Crippen LogP contribution in [0, 0.1) is 0 Å². The van der Waals surface area contributed by atoms with Crippen LogP contribution < -0.4 is 4.31 Å². The van der Waals surface area contributed by atoms with Gasteiger partial charge in [0.1, 0.15) is 12.1 Å². The summed E-state index contributed by atoms with van der Waals surface area (Å²) in [4.78, 5) is 16.8. The molecule has 0 fully saturated rings. The summed E-state index contributed by atoms with van der Waals surface area (Å²) in [7, 11) is 2.04. The summed E-state index contributed by atoms with van der Waals surface area (Å²) in [6.07, 6.45) is 0.864. The smallest absolute Gasteiger partial charge is 0.150 e. The highest BCUT2D eigenvalue weighted by Gasteiger charge is 2.22. The molecule has 3 aromatic rings. The van der Waals surface area contributed by atoms with Gasteiger partial charge in [0.15, 0.2) is 0 Å². The van der Waals surface area contributed by atoms with Gasteiger partial charge in [-0.15, -0.1) is 0 Å². The van der Waals surface area contributed by atoms with Gasteiger partial charge in [-0.25, -0.2) is 4.98 Å². The minimum absolute atomic E-state index is 0.0101. The largest absolute Gasteiger partial charge is 0.328 e. The maximum atomic E-state index is 10.8. The average molecular weight is 368 g/mol. The number of aryl methyl sites for hydroxylation is 1. The lowest BCUT2D eigenvalue weighted by atomic mass is 9.96. The molecule has 0 amide bonds. The molecule has 0 spiro atoms. The number of hydrogen-bond donors (Lipinski definition) is 0. The highest BCUT2D eigenvalue weighted by atomic mass is 32.2. The zero-order chi connectivity index (χ0) is 18.9. The van der Waals surface area contributed by atoms with E-state index in [1.165, 1.54) is 5.52 Å². The molecule has 0 aliphatic carbocycles. The zero-order valence-corrected chi connectivity index (χ0v) is 16.8. The third-order valence-electron chi connectivity index (χ3n) is 4.34. The zero-order valence-electron chi connectivity index (χ0n) is 16.0. The van der Waals surface area contributed by atoms with Crippen molar-refractivity contribution in [2.75, 3.05) is 11.4 Å². The van der Waals surface area contributed by atoms with E-state index in [1.807, 2.05) is 31.3 Å². The predicted octanol–water partition coefficient (Wildman–Crippen LogP) is 5.31. The Morgan fingerprint density at radius 1 is 1.15 bits per heavy atom. The van der Waals surface area contributed by atoms with Crippen LogP contribution in [-0.2, 0) is 12.0 Å². The first-order valence-electron chi connectivity index (χ1n) is 8.81. The Hall–Kier alpha value is -2.27. The van der Waals surface area contributed by atoms with E-state index in [0.717, 1.165) is 34.8 Å². The average Bonchev–Trinajstić information content (AvgIpc) is 3.00. The molecule has 0 bridgehead atoms. The normalized spacial score (nSPS) is 11.7. The number of nitrogens with zero attached hydrogens (tertiary/aromatic N) is 3. The number of hydrogen-bond acceptors (Lipinski definition) is 4. The third kappa shape index (κ3) is 3.63. The molecule has 0 unspecified atom stereocenters. The molecule has 136 valence electrons. The van der Waals surface area contributed by atoms with E-state index in [9.17, 15) is 4.79 Å². The van der Waals surface area contributed by atoms with E-state index in [4.69, 9.17) is 4.98 Å². The van der Waals surface area contributed by atoms with Crippen molar-refractivity contribution >= 4 is 35.0 Å². The van der Waals surface area contributed by atoms with Crippen molar-refractivity contribution in [3.63, 3.8) is 0 Å². The molecule has 0 aliphatic rings.